The highest BCUT2D eigenvalue weighted by atomic mass is 16.4. The maximum Gasteiger partial charge on any atom is 0.323 e. The van der Waals surface area contributed by atoms with E-state index in [-0.39, 0.29) is 11.7 Å². The molecule has 0 saturated carbocycles. The van der Waals surface area contributed by atoms with Gasteiger partial charge in [-0.2, -0.15) is 0 Å². The lowest BCUT2D eigenvalue weighted by Gasteiger charge is -2.39. The van der Waals surface area contributed by atoms with Gasteiger partial charge in [-0.15, -0.1) is 0 Å². The number of nitrogens with zero attached hydrogens (tertiary/aromatic N) is 1. The molecule has 0 fully saturated rings. The van der Waals surface area contributed by atoms with Gasteiger partial charge in [-0.05, 0) is 34.9 Å². The molecule has 1 aliphatic rings. The summed E-state index contributed by atoms with van der Waals surface area (Å²) in [4.78, 5) is 26.3. The largest absolute Gasteiger partial charge is 0.508 e. The zero-order chi connectivity index (χ0) is 19.7. The minimum Gasteiger partial charge on any atom is -0.508 e. The Hall–Kier alpha value is -3.60. The Morgan fingerprint density at radius 2 is 1.54 bits per heavy atom. The predicted octanol–water partition coefficient (Wildman–Crippen LogP) is 3.42. The van der Waals surface area contributed by atoms with Crippen molar-refractivity contribution in [1.29, 1.82) is 0 Å². The molecule has 0 aliphatic carbocycles. The lowest BCUT2D eigenvalue weighted by Crippen LogP contribution is -2.48. The summed E-state index contributed by atoms with van der Waals surface area (Å²) in [5.41, 5.74) is 2.05. The molecule has 1 atom stereocenters. The second kappa shape index (κ2) is 6.85. The molecule has 0 radical (unpaired) electrons. The van der Waals surface area contributed by atoms with E-state index in [2.05, 4.69) is 0 Å². The molecule has 5 heteroatoms. The SMILES string of the molecule is O=C(O)CN1C(=O)c2ccccc2C1(Cc1ccccc1)c1ccc(O)cc1. The Morgan fingerprint density at radius 1 is 0.893 bits per heavy atom. The van der Waals surface area contributed by atoms with Crippen LogP contribution in [0, 0.1) is 0 Å². The summed E-state index contributed by atoms with van der Waals surface area (Å²) in [5, 5.41) is 19.3. The number of carboxylic acids is 1. The van der Waals surface area contributed by atoms with Crippen molar-refractivity contribution < 1.29 is 19.8 Å². The van der Waals surface area contributed by atoms with Crippen LogP contribution in [0.25, 0.3) is 0 Å². The zero-order valence-electron chi connectivity index (χ0n) is 15.1. The number of carbonyl (C=O) groups is 2. The van der Waals surface area contributed by atoms with Gasteiger partial charge in [-0.1, -0.05) is 60.7 Å². The number of hydrogen-bond acceptors (Lipinski definition) is 3. The maximum absolute atomic E-state index is 13.2. The van der Waals surface area contributed by atoms with Crippen LogP contribution >= 0.6 is 0 Å². The highest BCUT2D eigenvalue weighted by Gasteiger charge is 2.51. The van der Waals surface area contributed by atoms with Crippen LogP contribution in [-0.4, -0.2) is 33.5 Å². The topological polar surface area (TPSA) is 77.8 Å². The first-order chi connectivity index (χ1) is 13.5. The van der Waals surface area contributed by atoms with Crippen LogP contribution in [0.3, 0.4) is 0 Å². The quantitative estimate of drug-likeness (QED) is 0.718. The lowest BCUT2D eigenvalue weighted by atomic mass is 9.78. The van der Waals surface area contributed by atoms with Gasteiger partial charge in [-0.3, -0.25) is 9.59 Å². The summed E-state index contributed by atoms with van der Waals surface area (Å²) >= 11 is 0. The molecule has 1 unspecified atom stereocenters. The Kier molecular flexibility index (Phi) is 4.35. The van der Waals surface area contributed by atoms with Gasteiger partial charge in [0.25, 0.3) is 5.91 Å². The van der Waals surface area contributed by atoms with Crippen molar-refractivity contribution in [3.63, 3.8) is 0 Å². The van der Waals surface area contributed by atoms with E-state index >= 15 is 0 Å². The third-order valence-electron chi connectivity index (χ3n) is 5.25. The van der Waals surface area contributed by atoms with Crippen LogP contribution in [0.2, 0.25) is 0 Å². The zero-order valence-corrected chi connectivity index (χ0v) is 15.1. The first kappa shape index (κ1) is 17.8. The number of benzene rings is 3. The molecule has 0 spiro atoms. The van der Waals surface area contributed by atoms with E-state index in [0.717, 1.165) is 16.7 Å². The summed E-state index contributed by atoms with van der Waals surface area (Å²) < 4.78 is 0. The number of carboxylic acid groups (broad SMARTS) is 1. The standard InChI is InChI=1S/C23H19NO4/c25-18-12-10-17(11-13-18)23(14-16-6-2-1-3-7-16)20-9-5-4-8-19(20)22(28)24(23)15-21(26)27/h1-13,25H,14-15H2,(H,26,27). The molecule has 2 N–H and O–H groups in total. The third-order valence-corrected chi connectivity index (χ3v) is 5.25. The summed E-state index contributed by atoms with van der Waals surface area (Å²) in [6, 6.07) is 23.6. The molecule has 4 rings (SSSR count). The first-order valence-electron chi connectivity index (χ1n) is 8.99. The van der Waals surface area contributed by atoms with Crippen molar-refractivity contribution in [3.05, 3.63) is 101 Å². The highest BCUT2D eigenvalue weighted by Crippen LogP contribution is 2.46. The van der Waals surface area contributed by atoms with E-state index in [0.29, 0.717) is 12.0 Å². The number of aliphatic carboxylic acids is 1. The molecule has 28 heavy (non-hydrogen) atoms. The predicted molar refractivity (Wildman–Crippen MR) is 104 cm³/mol. The number of amides is 1. The highest BCUT2D eigenvalue weighted by molar-refractivity contribution is 6.02. The number of phenols is 1. The van der Waals surface area contributed by atoms with E-state index in [1.165, 1.54) is 4.90 Å². The minimum absolute atomic E-state index is 0.112. The average Bonchev–Trinajstić information content (AvgIpc) is 2.93. The van der Waals surface area contributed by atoms with Gasteiger partial charge in [0, 0.05) is 12.0 Å². The van der Waals surface area contributed by atoms with E-state index in [1.54, 1.807) is 36.4 Å². The van der Waals surface area contributed by atoms with Crippen LogP contribution in [0.15, 0.2) is 78.9 Å². The molecule has 1 heterocycles. The first-order valence-corrected chi connectivity index (χ1v) is 8.99. The van der Waals surface area contributed by atoms with Gasteiger partial charge in [0.1, 0.15) is 12.3 Å². The second-order valence-corrected chi connectivity index (χ2v) is 6.90. The monoisotopic (exact) mass is 373 g/mol. The van der Waals surface area contributed by atoms with Gasteiger partial charge in [0.15, 0.2) is 0 Å². The fourth-order valence-corrected chi connectivity index (χ4v) is 4.07. The number of phenolic OH excluding ortho intramolecular Hbond substituents is 1. The number of fused-ring (bicyclic) bond motifs is 1. The molecule has 0 saturated heterocycles. The molecular formula is C23H19NO4. The van der Waals surface area contributed by atoms with Crippen LogP contribution in [0.4, 0.5) is 0 Å². The van der Waals surface area contributed by atoms with Gasteiger partial charge in [0.2, 0.25) is 0 Å². The maximum atomic E-state index is 13.2. The lowest BCUT2D eigenvalue weighted by molar-refractivity contribution is -0.138. The summed E-state index contributed by atoms with van der Waals surface area (Å²) in [6.45, 7) is -0.415. The summed E-state index contributed by atoms with van der Waals surface area (Å²) in [6.07, 6.45) is 0.425. The minimum atomic E-state index is -1.07. The van der Waals surface area contributed by atoms with Crippen LogP contribution in [-0.2, 0) is 16.8 Å². The summed E-state index contributed by atoms with van der Waals surface area (Å²) in [5.74, 6) is -1.26. The molecule has 0 bridgehead atoms. The molecule has 1 aliphatic heterocycles. The summed E-state index contributed by atoms with van der Waals surface area (Å²) in [7, 11) is 0. The van der Waals surface area contributed by atoms with E-state index in [4.69, 9.17) is 0 Å². The van der Waals surface area contributed by atoms with Gasteiger partial charge >= 0.3 is 5.97 Å². The Labute approximate surface area is 162 Å². The van der Waals surface area contributed by atoms with Crippen molar-refractivity contribution in [3.8, 4) is 5.75 Å². The second-order valence-electron chi connectivity index (χ2n) is 6.90. The Morgan fingerprint density at radius 3 is 2.21 bits per heavy atom. The van der Waals surface area contributed by atoms with E-state index in [9.17, 15) is 19.8 Å². The molecule has 0 aromatic heterocycles. The van der Waals surface area contributed by atoms with Crippen molar-refractivity contribution in [2.75, 3.05) is 6.54 Å². The number of hydrogen-bond donors (Lipinski definition) is 2. The number of aromatic hydroxyl groups is 1. The van der Waals surface area contributed by atoms with Crippen molar-refractivity contribution in [2.45, 2.75) is 12.0 Å². The third kappa shape index (κ3) is 2.81. The van der Waals surface area contributed by atoms with Crippen LogP contribution < -0.4 is 0 Å². The number of carbonyl (C=O) groups excluding carboxylic acids is 1. The fraction of sp³-hybridized carbons (Fsp3) is 0.130. The van der Waals surface area contributed by atoms with Crippen molar-refractivity contribution in [2.24, 2.45) is 0 Å². The van der Waals surface area contributed by atoms with Crippen molar-refractivity contribution in [1.82, 2.24) is 4.90 Å². The average molecular weight is 373 g/mol. The Balaban J connectivity index is 1.99. The van der Waals surface area contributed by atoms with E-state index in [1.807, 2.05) is 42.5 Å². The van der Waals surface area contributed by atoms with Crippen LogP contribution in [0.1, 0.15) is 27.0 Å². The fourth-order valence-electron chi connectivity index (χ4n) is 4.07. The molecule has 1 amide bonds. The Bertz CT molecular complexity index is 1030. The number of rotatable bonds is 5. The molecule has 140 valence electrons. The molecule has 3 aromatic rings. The van der Waals surface area contributed by atoms with Crippen LogP contribution in [0.5, 0.6) is 5.75 Å². The van der Waals surface area contributed by atoms with Gasteiger partial charge < -0.3 is 15.1 Å². The molecular weight excluding hydrogens is 354 g/mol. The van der Waals surface area contributed by atoms with Gasteiger partial charge in [0.05, 0.1) is 5.54 Å². The van der Waals surface area contributed by atoms with Gasteiger partial charge in [-0.25, -0.2) is 0 Å². The smallest absolute Gasteiger partial charge is 0.323 e. The normalized spacial score (nSPS) is 18.1. The van der Waals surface area contributed by atoms with E-state index < -0.39 is 18.1 Å². The van der Waals surface area contributed by atoms with Crippen molar-refractivity contribution >= 4 is 11.9 Å². The molecule has 5 nitrogen and oxygen atoms in total. The molecule has 3 aromatic carbocycles.